The fourth-order valence-corrected chi connectivity index (χ4v) is 4.43. The van der Waals surface area contributed by atoms with Gasteiger partial charge in [-0.1, -0.05) is 11.6 Å². The summed E-state index contributed by atoms with van der Waals surface area (Å²) >= 11 is 5.99. The molecule has 178 valence electrons. The highest BCUT2D eigenvalue weighted by atomic mass is 35.5. The molecule has 1 N–H and O–H groups in total. The van der Waals surface area contributed by atoms with Gasteiger partial charge in [0, 0.05) is 26.4 Å². The van der Waals surface area contributed by atoms with Gasteiger partial charge in [0.05, 0.1) is 16.7 Å². The molecule has 1 aliphatic rings. The monoisotopic (exact) mass is 496 g/mol. The fraction of sp³-hybridized carbons (Fsp3) is 0.364. The number of benzene rings is 2. The first-order chi connectivity index (χ1) is 15.7. The van der Waals surface area contributed by atoms with Crippen molar-refractivity contribution >= 4 is 39.2 Å². The minimum Gasteiger partial charge on any atom is -0.491 e. The molecule has 1 amide bonds. The Hall–Kier alpha value is -2.66. The number of carbonyl (C=O) groups is 2. The average Bonchev–Trinajstić information content (AvgIpc) is 3.31. The van der Waals surface area contributed by atoms with Gasteiger partial charge in [-0.2, -0.15) is 0 Å². The number of carbonyl (C=O) groups excluding carboxylic acids is 2. The van der Waals surface area contributed by atoms with Gasteiger partial charge < -0.3 is 19.5 Å². The summed E-state index contributed by atoms with van der Waals surface area (Å²) in [7, 11) is -1.04. The summed E-state index contributed by atoms with van der Waals surface area (Å²) in [6.07, 6.45) is 2.09. The normalized spacial score (nSPS) is 15.9. The van der Waals surface area contributed by atoms with Gasteiger partial charge in [-0.15, -0.1) is 0 Å². The Bertz CT molecular complexity index is 1100. The van der Waals surface area contributed by atoms with E-state index in [0.29, 0.717) is 12.4 Å². The predicted molar refractivity (Wildman–Crippen MR) is 122 cm³/mol. The van der Waals surface area contributed by atoms with Crippen LogP contribution in [-0.4, -0.2) is 64.6 Å². The van der Waals surface area contributed by atoms with Crippen LogP contribution in [0.25, 0.3) is 0 Å². The summed E-state index contributed by atoms with van der Waals surface area (Å²) in [6, 6.07) is 10.4. The Labute approximate surface area is 197 Å². The van der Waals surface area contributed by atoms with E-state index in [4.69, 9.17) is 25.8 Å². The van der Waals surface area contributed by atoms with E-state index >= 15 is 0 Å². The molecule has 1 unspecified atom stereocenters. The Balaban J connectivity index is 1.52. The summed E-state index contributed by atoms with van der Waals surface area (Å²) in [5.41, 5.74) is 0.465. The number of amides is 1. The second-order valence-corrected chi connectivity index (χ2v) is 10.1. The fourth-order valence-electron chi connectivity index (χ4n) is 3.04. The van der Waals surface area contributed by atoms with E-state index in [0.717, 1.165) is 23.8 Å². The number of sulfonamides is 1. The highest BCUT2D eigenvalue weighted by Crippen LogP contribution is 2.27. The van der Waals surface area contributed by atoms with Crippen molar-refractivity contribution in [2.45, 2.75) is 23.8 Å². The molecule has 1 atom stereocenters. The minimum atomic E-state index is -3.79. The van der Waals surface area contributed by atoms with Gasteiger partial charge >= 0.3 is 5.97 Å². The molecule has 0 aromatic heterocycles. The van der Waals surface area contributed by atoms with Crippen molar-refractivity contribution in [3.8, 4) is 5.75 Å². The van der Waals surface area contributed by atoms with Crippen LogP contribution < -0.4 is 10.1 Å². The van der Waals surface area contributed by atoms with Crippen LogP contribution in [0.15, 0.2) is 47.4 Å². The van der Waals surface area contributed by atoms with E-state index in [1.807, 2.05) is 0 Å². The second kappa shape index (κ2) is 11.0. The number of hydrogen-bond donors (Lipinski definition) is 1. The lowest BCUT2D eigenvalue weighted by atomic mass is 10.2. The van der Waals surface area contributed by atoms with E-state index in [1.54, 1.807) is 24.3 Å². The van der Waals surface area contributed by atoms with Gasteiger partial charge in [0.2, 0.25) is 10.0 Å². The molecule has 11 heteroatoms. The maximum absolute atomic E-state index is 12.3. The highest BCUT2D eigenvalue weighted by Gasteiger charge is 2.22. The van der Waals surface area contributed by atoms with Gasteiger partial charge in [0.1, 0.15) is 17.3 Å². The minimum absolute atomic E-state index is 0.0244. The Morgan fingerprint density at radius 3 is 2.55 bits per heavy atom. The van der Waals surface area contributed by atoms with Gasteiger partial charge in [0.15, 0.2) is 6.61 Å². The van der Waals surface area contributed by atoms with Gasteiger partial charge in [0.25, 0.3) is 5.91 Å². The lowest BCUT2D eigenvalue weighted by molar-refractivity contribution is -0.119. The zero-order valence-corrected chi connectivity index (χ0v) is 19.8. The second-order valence-electron chi connectivity index (χ2n) is 7.53. The molecule has 1 fully saturated rings. The van der Waals surface area contributed by atoms with Crippen LogP contribution in [0.2, 0.25) is 5.02 Å². The van der Waals surface area contributed by atoms with Gasteiger partial charge in [-0.25, -0.2) is 17.5 Å². The molecular formula is C22H25ClN2O7S. The summed E-state index contributed by atoms with van der Waals surface area (Å²) < 4.78 is 41.9. The molecule has 0 radical (unpaired) electrons. The molecule has 1 aliphatic heterocycles. The van der Waals surface area contributed by atoms with Crippen molar-refractivity contribution in [3.05, 3.63) is 53.1 Å². The maximum atomic E-state index is 12.3. The first kappa shape index (κ1) is 25.0. The molecule has 33 heavy (non-hydrogen) atoms. The Morgan fingerprint density at radius 1 is 1.18 bits per heavy atom. The number of esters is 1. The van der Waals surface area contributed by atoms with Crippen molar-refractivity contribution in [2.24, 2.45) is 0 Å². The number of anilines is 1. The standard InChI is InChI=1S/C22H25ClN2O7S/c1-25(2)33(28,29)20-12-16(7-10-19(20)23)24-21(26)14-32-22(27)15-5-8-17(9-6-15)31-13-18-4-3-11-30-18/h5-10,12,18H,3-4,11,13-14H2,1-2H3,(H,24,26). The van der Waals surface area contributed by atoms with E-state index < -0.39 is 28.5 Å². The first-order valence-electron chi connectivity index (χ1n) is 10.2. The van der Waals surface area contributed by atoms with Crippen molar-refractivity contribution in [1.29, 1.82) is 0 Å². The smallest absolute Gasteiger partial charge is 0.338 e. The molecule has 2 aromatic carbocycles. The Kier molecular flexibility index (Phi) is 8.30. The predicted octanol–water partition coefficient (Wildman–Crippen LogP) is 2.94. The van der Waals surface area contributed by atoms with E-state index in [9.17, 15) is 18.0 Å². The van der Waals surface area contributed by atoms with Gasteiger partial charge in [-0.05, 0) is 55.3 Å². The van der Waals surface area contributed by atoms with Crippen LogP contribution in [0, 0.1) is 0 Å². The number of hydrogen-bond acceptors (Lipinski definition) is 7. The Morgan fingerprint density at radius 2 is 1.91 bits per heavy atom. The number of ether oxygens (including phenoxy) is 3. The number of rotatable bonds is 9. The number of nitrogens with one attached hydrogen (secondary N) is 1. The van der Waals surface area contributed by atoms with Crippen LogP contribution >= 0.6 is 11.6 Å². The third-order valence-corrected chi connectivity index (χ3v) is 7.15. The summed E-state index contributed by atoms with van der Waals surface area (Å²) in [5, 5.41) is 2.51. The highest BCUT2D eigenvalue weighted by molar-refractivity contribution is 7.89. The largest absolute Gasteiger partial charge is 0.491 e. The molecule has 0 saturated carbocycles. The zero-order chi connectivity index (χ0) is 24.0. The summed E-state index contributed by atoms with van der Waals surface area (Å²) in [4.78, 5) is 24.3. The van der Waals surface area contributed by atoms with Gasteiger partial charge in [-0.3, -0.25) is 4.79 Å². The van der Waals surface area contributed by atoms with Crippen LogP contribution in [0.1, 0.15) is 23.2 Å². The molecule has 2 aromatic rings. The first-order valence-corrected chi connectivity index (χ1v) is 12.0. The van der Waals surface area contributed by atoms with Crippen LogP contribution in [0.5, 0.6) is 5.75 Å². The molecule has 0 bridgehead atoms. The lowest BCUT2D eigenvalue weighted by Gasteiger charge is -2.14. The third-order valence-electron chi connectivity index (χ3n) is 4.86. The van der Waals surface area contributed by atoms with E-state index in [1.165, 1.54) is 32.3 Å². The molecular weight excluding hydrogens is 472 g/mol. The van der Waals surface area contributed by atoms with Crippen molar-refractivity contribution in [2.75, 3.05) is 39.2 Å². The molecule has 0 spiro atoms. The number of halogens is 1. The zero-order valence-electron chi connectivity index (χ0n) is 18.2. The van der Waals surface area contributed by atoms with Crippen molar-refractivity contribution in [3.63, 3.8) is 0 Å². The van der Waals surface area contributed by atoms with Crippen LogP contribution in [0.3, 0.4) is 0 Å². The lowest BCUT2D eigenvalue weighted by Crippen LogP contribution is -2.23. The molecule has 1 saturated heterocycles. The third kappa shape index (κ3) is 6.67. The van der Waals surface area contributed by atoms with Crippen LogP contribution in [-0.2, 0) is 24.3 Å². The number of nitrogens with zero attached hydrogens (tertiary/aromatic N) is 1. The van der Waals surface area contributed by atoms with Crippen molar-refractivity contribution < 1.29 is 32.2 Å². The van der Waals surface area contributed by atoms with Crippen molar-refractivity contribution in [1.82, 2.24) is 4.31 Å². The molecule has 9 nitrogen and oxygen atoms in total. The maximum Gasteiger partial charge on any atom is 0.338 e. The average molecular weight is 497 g/mol. The molecule has 0 aliphatic carbocycles. The topological polar surface area (TPSA) is 111 Å². The van der Waals surface area contributed by atoms with Crippen LogP contribution in [0.4, 0.5) is 5.69 Å². The van der Waals surface area contributed by atoms with E-state index in [-0.39, 0.29) is 27.3 Å². The molecule has 3 rings (SSSR count). The van der Waals surface area contributed by atoms with E-state index in [2.05, 4.69) is 5.32 Å². The SMILES string of the molecule is CN(C)S(=O)(=O)c1cc(NC(=O)COC(=O)c2ccc(OCC3CCCO3)cc2)ccc1Cl. The quantitative estimate of drug-likeness (QED) is 0.531. The summed E-state index contributed by atoms with van der Waals surface area (Å²) in [6.45, 7) is 0.654. The molecule has 1 heterocycles. The summed E-state index contributed by atoms with van der Waals surface area (Å²) in [5.74, 6) is -0.704.